The molecule has 0 aliphatic carbocycles. The van der Waals surface area contributed by atoms with Crippen LogP contribution >= 0.6 is 0 Å². The Morgan fingerprint density at radius 3 is 2.62 bits per heavy atom. The number of nitrogens with two attached hydrogens (primary N) is 1. The second-order valence-corrected chi connectivity index (χ2v) is 3.11. The lowest BCUT2D eigenvalue weighted by Crippen LogP contribution is -2.08. The summed E-state index contributed by atoms with van der Waals surface area (Å²) in [6, 6.07) is 4.77. The highest BCUT2D eigenvalue weighted by Gasteiger charge is 2.15. The van der Waals surface area contributed by atoms with Crippen LogP contribution in [0.3, 0.4) is 0 Å². The fourth-order valence-electron chi connectivity index (χ4n) is 1.20. The lowest BCUT2D eigenvalue weighted by atomic mass is 10.0. The van der Waals surface area contributed by atoms with Crippen LogP contribution in [0.15, 0.2) is 18.2 Å². The van der Waals surface area contributed by atoms with Crippen LogP contribution in [0, 0.1) is 17.0 Å². The first-order valence-corrected chi connectivity index (χ1v) is 4.03. The monoisotopic (exact) mass is 180 g/mol. The molecule has 0 heterocycles. The first kappa shape index (κ1) is 9.67. The topological polar surface area (TPSA) is 69.2 Å². The largest absolute Gasteiger partial charge is 0.324 e. The lowest BCUT2D eigenvalue weighted by molar-refractivity contribution is -0.385. The van der Waals surface area contributed by atoms with Gasteiger partial charge in [0.2, 0.25) is 0 Å². The first-order chi connectivity index (χ1) is 6.02. The summed E-state index contributed by atoms with van der Waals surface area (Å²) in [5.74, 6) is 0. The predicted octanol–water partition coefficient (Wildman–Crippen LogP) is 1.92. The molecular weight excluding hydrogens is 168 g/mol. The number of hydrogen-bond donors (Lipinski definition) is 1. The van der Waals surface area contributed by atoms with E-state index in [1.165, 1.54) is 0 Å². The van der Waals surface area contributed by atoms with E-state index in [2.05, 4.69) is 0 Å². The van der Waals surface area contributed by atoms with Gasteiger partial charge in [-0.3, -0.25) is 10.1 Å². The summed E-state index contributed by atoms with van der Waals surface area (Å²) in [6.07, 6.45) is 0. The quantitative estimate of drug-likeness (QED) is 0.558. The molecule has 0 bridgehead atoms. The molecule has 1 atom stereocenters. The number of rotatable bonds is 2. The van der Waals surface area contributed by atoms with Gasteiger partial charge >= 0.3 is 0 Å². The summed E-state index contributed by atoms with van der Waals surface area (Å²) >= 11 is 0. The number of hydrogen-bond acceptors (Lipinski definition) is 3. The molecule has 0 aliphatic heterocycles. The van der Waals surface area contributed by atoms with Gasteiger partial charge in [0.25, 0.3) is 5.69 Å². The van der Waals surface area contributed by atoms with E-state index in [9.17, 15) is 10.1 Å². The minimum atomic E-state index is -0.397. The van der Waals surface area contributed by atoms with Gasteiger partial charge < -0.3 is 5.73 Å². The minimum absolute atomic E-state index is 0.106. The summed E-state index contributed by atoms with van der Waals surface area (Å²) in [5, 5.41) is 10.6. The Balaban J connectivity index is 3.27. The van der Waals surface area contributed by atoms with E-state index in [-0.39, 0.29) is 11.7 Å². The van der Waals surface area contributed by atoms with E-state index < -0.39 is 4.92 Å². The van der Waals surface area contributed by atoms with Gasteiger partial charge in [0.15, 0.2) is 0 Å². The molecule has 4 nitrogen and oxygen atoms in total. The Labute approximate surface area is 76.5 Å². The molecular formula is C9H12N2O2. The Morgan fingerprint density at radius 2 is 2.15 bits per heavy atom. The van der Waals surface area contributed by atoms with Gasteiger partial charge in [0.05, 0.1) is 4.92 Å². The van der Waals surface area contributed by atoms with Crippen molar-refractivity contribution in [2.45, 2.75) is 19.9 Å². The van der Waals surface area contributed by atoms with Crippen molar-refractivity contribution in [1.29, 1.82) is 0 Å². The van der Waals surface area contributed by atoms with E-state index in [1.807, 2.05) is 13.0 Å². The zero-order chi connectivity index (χ0) is 10.0. The average Bonchev–Trinajstić information content (AvgIpc) is 2.03. The van der Waals surface area contributed by atoms with Crippen molar-refractivity contribution in [3.63, 3.8) is 0 Å². The van der Waals surface area contributed by atoms with E-state index in [1.54, 1.807) is 19.1 Å². The average molecular weight is 180 g/mol. The van der Waals surface area contributed by atoms with Crippen molar-refractivity contribution in [3.8, 4) is 0 Å². The highest BCUT2D eigenvalue weighted by Crippen LogP contribution is 2.24. The van der Waals surface area contributed by atoms with Crippen LogP contribution in [0.5, 0.6) is 0 Å². The molecule has 70 valence electrons. The van der Waals surface area contributed by atoms with E-state index in [0.717, 1.165) is 5.56 Å². The smallest absolute Gasteiger partial charge is 0.274 e. The van der Waals surface area contributed by atoms with Crippen molar-refractivity contribution in [1.82, 2.24) is 0 Å². The van der Waals surface area contributed by atoms with Crippen molar-refractivity contribution in [3.05, 3.63) is 39.4 Å². The fourth-order valence-corrected chi connectivity index (χ4v) is 1.20. The van der Waals surface area contributed by atoms with Crippen molar-refractivity contribution >= 4 is 5.69 Å². The van der Waals surface area contributed by atoms with Crippen molar-refractivity contribution in [2.24, 2.45) is 5.73 Å². The van der Waals surface area contributed by atoms with Crippen LogP contribution in [-0.2, 0) is 0 Å². The molecule has 0 aromatic heterocycles. The van der Waals surface area contributed by atoms with Gasteiger partial charge in [0, 0.05) is 17.7 Å². The Hall–Kier alpha value is -1.42. The Morgan fingerprint density at radius 1 is 1.54 bits per heavy atom. The van der Waals surface area contributed by atoms with Crippen LogP contribution in [0.4, 0.5) is 5.69 Å². The summed E-state index contributed by atoms with van der Waals surface area (Å²) in [6.45, 7) is 3.55. The van der Waals surface area contributed by atoms with Crippen molar-refractivity contribution in [2.75, 3.05) is 0 Å². The molecule has 1 rings (SSSR count). The maximum atomic E-state index is 10.6. The zero-order valence-electron chi connectivity index (χ0n) is 7.65. The third kappa shape index (κ3) is 2.03. The molecule has 0 spiro atoms. The van der Waals surface area contributed by atoms with E-state index in [0.29, 0.717) is 5.56 Å². The van der Waals surface area contributed by atoms with Crippen LogP contribution in [0.1, 0.15) is 24.1 Å². The van der Waals surface area contributed by atoms with Gasteiger partial charge in [-0.25, -0.2) is 0 Å². The van der Waals surface area contributed by atoms with Crippen LogP contribution in [-0.4, -0.2) is 4.92 Å². The standard InChI is InChI=1S/C9H12N2O2/c1-6-3-4-8(7(2)10)9(5-6)11(12)13/h3-5,7H,10H2,1-2H3/t7-/m0/s1. The Bertz CT molecular complexity index is 334. The normalized spacial score (nSPS) is 12.5. The van der Waals surface area contributed by atoms with Crippen LogP contribution < -0.4 is 5.73 Å². The summed E-state index contributed by atoms with van der Waals surface area (Å²) in [7, 11) is 0. The summed E-state index contributed by atoms with van der Waals surface area (Å²) in [5.41, 5.74) is 7.16. The third-order valence-electron chi connectivity index (χ3n) is 1.87. The lowest BCUT2D eigenvalue weighted by Gasteiger charge is -2.06. The molecule has 2 N–H and O–H groups in total. The summed E-state index contributed by atoms with van der Waals surface area (Å²) < 4.78 is 0. The molecule has 0 aliphatic rings. The van der Waals surface area contributed by atoms with E-state index in [4.69, 9.17) is 5.73 Å². The van der Waals surface area contributed by atoms with Gasteiger partial charge in [-0.15, -0.1) is 0 Å². The minimum Gasteiger partial charge on any atom is -0.324 e. The molecule has 0 fully saturated rings. The zero-order valence-corrected chi connectivity index (χ0v) is 7.65. The molecule has 0 unspecified atom stereocenters. The second kappa shape index (κ2) is 3.53. The van der Waals surface area contributed by atoms with Crippen LogP contribution in [0.25, 0.3) is 0 Å². The molecule has 1 aromatic carbocycles. The molecule has 0 saturated carbocycles. The third-order valence-corrected chi connectivity index (χ3v) is 1.87. The molecule has 0 amide bonds. The molecule has 13 heavy (non-hydrogen) atoms. The highest BCUT2D eigenvalue weighted by atomic mass is 16.6. The second-order valence-electron chi connectivity index (χ2n) is 3.11. The molecule has 4 heteroatoms. The molecule has 1 aromatic rings. The van der Waals surface area contributed by atoms with Gasteiger partial charge in [-0.05, 0) is 19.4 Å². The van der Waals surface area contributed by atoms with Gasteiger partial charge in [-0.2, -0.15) is 0 Å². The van der Waals surface area contributed by atoms with Crippen molar-refractivity contribution < 1.29 is 4.92 Å². The number of benzene rings is 1. The first-order valence-electron chi connectivity index (χ1n) is 4.03. The number of nitro benzene ring substituents is 1. The van der Waals surface area contributed by atoms with Gasteiger partial charge in [-0.1, -0.05) is 12.1 Å². The van der Waals surface area contributed by atoms with Crippen LogP contribution in [0.2, 0.25) is 0 Å². The predicted molar refractivity (Wildman–Crippen MR) is 50.4 cm³/mol. The molecule has 0 saturated heterocycles. The highest BCUT2D eigenvalue weighted by molar-refractivity contribution is 5.44. The number of aryl methyl sites for hydroxylation is 1. The number of nitro groups is 1. The van der Waals surface area contributed by atoms with E-state index >= 15 is 0 Å². The summed E-state index contributed by atoms with van der Waals surface area (Å²) in [4.78, 5) is 10.2. The maximum absolute atomic E-state index is 10.6. The SMILES string of the molecule is Cc1ccc([C@H](C)N)c([N+](=O)[O-])c1. The molecule has 0 radical (unpaired) electrons. The van der Waals surface area contributed by atoms with Gasteiger partial charge in [0.1, 0.15) is 0 Å². The maximum Gasteiger partial charge on any atom is 0.274 e. The number of nitrogens with zero attached hydrogens (tertiary/aromatic N) is 1. The Kier molecular flexibility index (Phi) is 2.63. The fraction of sp³-hybridized carbons (Fsp3) is 0.333.